The molecule has 160 valence electrons. The monoisotopic (exact) mass is 424 g/mol. The van der Waals surface area contributed by atoms with Crippen molar-refractivity contribution in [3.05, 3.63) is 84.1 Å². The Balaban J connectivity index is 1.47. The first-order valence-corrected chi connectivity index (χ1v) is 11.0. The summed E-state index contributed by atoms with van der Waals surface area (Å²) in [6.45, 7) is 4.06. The van der Waals surface area contributed by atoms with E-state index in [0.717, 1.165) is 54.0 Å². The summed E-state index contributed by atoms with van der Waals surface area (Å²) in [4.78, 5) is 21.3. The zero-order valence-electron chi connectivity index (χ0n) is 17.7. The van der Waals surface area contributed by atoms with Gasteiger partial charge in [-0.15, -0.1) is 0 Å². The molecule has 1 amide bonds. The first-order valence-electron chi connectivity index (χ1n) is 11.0. The molecule has 0 atom stereocenters. The van der Waals surface area contributed by atoms with Crippen molar-refractivity contribution in [2.24, 2.45) is 0 Å². The zero-order chi connectivity index (χ0) is 21.5. The summed E-state index contributed by atoms with van der Waals surface area (Å²) in [5, 5.41) is 4.51. The first kappa shape index (κ1) is 19.0. The molecule has 2 aliphatic heterocycles. The lowest BCUT2D eigenvalue weighted by atomic mass is 10.1. The molecule has 32 heavy (non-hydrogen) atoms. The van der Waals surface area contributed by atoms with Gasteiger partial charge in [0.2, 0.25) is 0 Å². The summed E-state index contributed by atoms with van der Waals surface area (Å²) in [6, 6.07) is 21.8. The number of aromatic amines is 1. The van der Waals surface area contributed by atoms with Crippen molar-refractivity contribution in [2.75, 3.05) is 36.0 Å². The van der Waals surface area contributed by atoms with Crippen molar-refractivity contribution in [1.82, 2.24) is 10.3 Å². The lowest BCUT2D eigenvalue weighted by molar-refractivity contribution is 0.0985. The van der Waals surface area contributed by atoms with E-state index < -0.39 is 0 Å². The number of rotatable bonds is 3. The van der Waals surface area contributed by atoms with Crippen LogP contribution < -0.4 is 19.9 Å². The van der Waals surface area contributed by atoms with Gasteiger partial charge in [-0.2, -0.15) is 0 Å². The van der Waals surface area contributed by atoms with Crippen LogP contribution in [0.3, 0.4) is 0 Å². The number of anilines is 2. The number of amides is 1. The molecule has 0 radical (unpaired) electrons. The molecule has 3 aromatic carbocycles. The number of aromatic nitrogens is 1. The number of para-hydroxylation sites is 4. The molecule has 0 bridgehead atoms. The van der Waals surface area contributed by atoms with Gasteiger partial charge in [-0.1, -0.05) is 36.4 Å². The van der Waals surface area contributed by atoms with E-state index in [2.05, 4.69) is 33.4 Å². The number of hydrogen-bond donors (Lipinski definition) is 2. The smallest absolute Gasteiger partial charge is 0.262 e. The highest BCUT2D eigenvalue weighted by Crippen LogP contribution is 2.44. The molecule has 1 aromatic heterocycles. The van der Waals surface area contributed by atoms with Crippen LogP contribution in [0.25, 0.3) is 10.9 Å². The van der Waals surface area contributed by atoms with Crippen LogP contribution in [-0.4, -0.2) is 37.1 Å². The van der Waals surface area contributed by atoms with Gasteiger partial charge < -0.3 is 24.8 Å². The maximum atomic E-state index is 13.9. The summed E-state index contributed by atoms with van der Waals surface area (Å²) < 4.78 is 6.46. The van der Waals surface area contributed by atoms with Crippen molar-refractivity contribution in [3.8, 4) is 11.5 Å². The van der Waals surface area contributed by atoms with Crippen LogP contribution in [0.2, 0.25) is 0 Å². The van der Waals surface area contributed by atoms with E-state index in [-0.39, 0.29) is 5.91 Å². The number of fused-ring (bicyclic) bond motifs is 3. The number of piperazine rings is 1. The third-order valence-electron chi connectivity index (χ3n) is 6.30. The molecule has 0 saturated carbocycles. The summed E-state index contributed by atoms with van der Waals surface area (Å²) in [6.07, 6.45) is 1.99. The highest BCUT2D eigenvalue weighted by Gasteiger charge is 2.31. The third-order valence-corrected chi connectivity index (χ3v) is 6.30. The number of hydrogen-bond acceptors (Lipinski definition) is 4. The fourth-order valence-electron chi connectivity index (χ4n) is 4.68. The molecule has 0 unspecified atom stereocenters. The second kappa shape index (κ2) is 7.73. The van der Waals surface area contributed by atoms with Gasteiger partial charge in [-0.05, 0) is 35.9 Å². The highest BCUT2D eigenvalue weighted by atomic mass is 16.5. The number of nitrogens with zero attached hydrogens (tertiary/aromatic N) is 2. The molecule has 0 spiro atoms. The Labute approximate surface area is 186 Å². The van der Waals surface area contributed by atoms with Crippen LogP contribution in [0.4, 0.5) is 11.4 Å². The number of carbonyl (C=O) groups is 1. The van der Waals surface area contributed by atoms with Crippen LogP contribution in [0.15, 0.2) is 72.9 Å². The number of nitrogens with one attached hydrogen (secondary N) is 2. The van der Waals surface area contributed by atoms with E-state index in [1.165, 1.54) is 0 Å². The number of carbonyl (C=O) groups excluding carboxylic acids is 1. The van der Waals surface area contributed by atoms with Gasteiger partial charge >= 0.3 is 0 Å². The summed E-state index contributed by atoms with van der Waals surface area (Å²) in [5.41, 5.74) is 4.49. The van der Waals surface area contributed by atoms with Crippen molar-refractivity contribution in [1.29, 1.82) is 0 Å². The Bertz CT molecular complexity index is 1310. The minimum Gasteiger partial charge on any atom is -0.452 e. The largest absolute Gasteiger partial charge is 0.452 e. The summed E-state index contributed by atoms with van der Waals surface area (Å²) >= 11 is 0. The third kappa shape index (κ3) is 3.11. The summed E-state index contributed by atoms with van der Waals surface area (Å²) in [5.74, 6) is 1.29. The van der Waals surface area contributed by atoms with Crippen LogP contribution in [0.1, 0.15) is 15.9 Å². The SMILES string of the molecule is O=C1c2cccc(N3CCNCC3)c2Oc2ccccc2N1Cc1c[nH]c2ccccc12. The Morgan fingerprint density at radius 1 is 0.875 bits per heavy atom. The van der Waals surface area contributed by atoms with Crippen LogP contribution >= 0.6 is 0 Å². The first-order chi connectivity index (χ1) is 15.8. The minimum absolute atomic E-state index is 0.0489. The van der Waals surface area contributed by atoms with E-state index in [1.807, 2.05) is 59.6 Å². The second-order valence-electron chi connectivity index (χ2n) is 8.21. The fourth-order valence-corrected chi connectivity index (χ4v) is 4.68. The second-order valence-corrected chi connectivity index (χ2v) is 8.21. The molecular weight excluding hydrogens is 400 g/mol. The Hall–Kier alpha value is -3.77. The Morgan fingerprint density at radius 2 is 1.66 bits per heavy atom. The van der Waals surface area contributed by atoms with E-state index in [0.29, 0.717) is 23.6 Å². The van der Waals surface area contributed by atoms with Crippen LogP contribution in [-0.2, 0) is 6.54 Å². The Kier molecular flexibility index (Phi) is 4.58. The standard InChI is InChI=1S/C26H24N4O2/c31-26-20-7-5-10-23(29-14-12-27-13-15-29)25(20)32-24-11-4-3-9-22(24)30(26)17-18-16-28-21-8-2-1-6-19(18)21/h1-11,16,27-28H,12-15,17H2. The maximum Gasteiger partial charge on any atom is 0.262 e. The lowest BCUT2D eigenvalue weighted by Crippen LogP contribution is -2.43. The Morgan fingerprint density at radius 3 is 2.56 bits per heavy atom. The highest BCUT2D eigenvalue weighted by molar-refractivity contribution is 6.11. The number of H-pyrrole nitrogens is 1. The van der Waals surface area contributed by atoms with E-state index in [9.17, 15) is 4.79 Å². The van der Waals surface area contributed by atoms with Gasteiger partial charge in [0.1, 0.15) is 0 Å². The van der Waals surface area contributed by atoms with E-state index in [4.69, 9.17) is 4.74 Å². The van der Waals surface area contributed by atoms with Crippen molar-refractivity contribution in [2.45, 2.75) is 6.54 Å². The minimum atomic E-state index is -0.0489. The van der Waals surface area contributed by atoms with Gasteiger partial charge in [0.25, 0.3) is 5.91 Å². The van der Waals surface area contributed by atoms with Crippen LogP contribution in [0, 0.1) is 0 Å². The predicted molar refractivity (Wildman–Crippen MR) is 127 cm³/mol. The van der Waals surface area contributed by atoms with Crippen molar-refractivity contribution < 1.29 is 9.53 Å². The summed E-state index contributed by atoms with van der Waals surface area (Å²) in [7, 11) is 0. The molecule has 1 fully saturated rings. The van der Waals surface area contributed by atoms with Gasteiger partial charge in [0.05, 0.1) is 23.5 Å². The van der Waals surface area contributed by atoms with Gasteiger partial charge in [-0.25, -0.2) is 0 Å². The zero-order valence-corrected chi connectivity index (χ0v) is 17.7. The topological polar surface area (TPSA) is 60.6 Å². The molecule has 4 aromatic rings. The quantitative estimate of drug-likeness (QED) is 0.507. The average molecular weight is 425 g/mol. The molecule has 3 heterocycles. The molecule has 0 aliphatic carbocycles. The average Bonchev–Trinajstić information content (AvgIpc) is 3.21. The molecule has 2 aliphatic rings. The molecule has 6 rings (SSSR count). The van der Waals surface area contributed by atoms with E-state index in [1.54, 1.807) is 0 Å². The van der Waals surface area contributed by atoms with E-state index >= 15 is 0 Å². The van der Waals surface area contributed by atoms with Crippen molar-refractivity contribution >= 4 is 28.2 Å². The molecule has 6 nitrogen and oxygen atoms in total. The predicted octanol–water partition coefficient (Wildman–Crippen LogP) is 4.53. The fraction of sp³-hybridized carbons (Fsp3) is 0.192. The van der Waals surface area contributed by atoms with Gasteiger partial charge in [0, 0.05) is 43.3 Å². The number of ether oxygens (including phenoxy) is 1. The molecular formula is C26H24N4O2. The van der Waals surface area contributed by atoms with Gasteiger partial charge in [-0.3, -0.25) is 4.79 Å². The normalized spacial score (nSPS) is 15.8. The molecule has 1 saturated heterocycles. The maximum absolute atomic E-state index is 13.9. The lowest BCUT2D eigenvalue weighted by Gasteiger charge is -2.31. The molecule has 6 heteroatoms. The van der Waals surface area contributed by atoms with Crippen molar-refractivity contribution in [3.63, 3.8) is 0 Å². The van der Waals surface area contributed by atoms with Crippen LogP contribution in [0.5, 0.6) is 11.5 Å². The molecule has 2 N–H and O–H groups in total. The number of benzene rings is 3. The van der Waals surface area contributed by atoms with Gasteiger partial charge in [0.15, 0.2) is 11.5 Å².